The first-order valence-corrected chi connectivity index (χ1v) is 9.26. The molecule has 1 aromatic carbocycles. The van der Waals surface area contributed by atoms with Crippen LogP contribution < -0.4 is 5.11 Å². The molecule has 0 unspecified atom stereocenters. The Morgan fingerprint density at radius 1 is 1.08 bits per heavy atom. The lowest BCUT2D eigenvalue weighted by molar-refractivity contribution is -0.358. The maximum absolute atomic E-state index is 12.3. The Morgan fingerprint density at radius 3 is 2.32 bits per heavy atom. The van der Waals surface area contributed by atoms with E-state index in [1.807, 2.05) is 13.8 Å². The van der Waals surface area contributed by atoms with Crippen LogP contribution in [0, 0.1) is 6.92 Å². The number of benzene rings is 1. The first-order chi connectivity index (χ1) is 11.9. The van der Waals surface area contributed by atoms with Crippen molar-refractivity contribution in [1.29, 1.82) is 0 Å². The topological polar surface area (TPSA) is 88.0 Å². The Bertz CT molecular complexity index is 800. The molecule has 6 nitrogen and oxygen atoms in total. The van der Waals surface area contributed by atoms with E-state index in [9.17, 15) is 13.5 Å². The minimum atomic E-state index is -3.79. The number of aryl methyl sites for hydroxylation is 1. The molecule has 0 heterocycles. The molecule has 1 aliphatic carbocycles. The molecule has 0 amide bonds. The van der Waals surface area contributed by atoms with Gasteiger partial charge in [0.2, 0.25) is 0 Å². The Kier molecular flexibility index (Phi) is 6.55. The summed E-state index contributed by atoms with van der Waals surface area (Å²) in [5.41, 5.74) is 1.53. The Morgan fingerprint density at radius 2 is 1.72 bits per heavy atom. The minimum absolute atomic E-state index is 0.123. The Hall–Kier alpha value is -2.38. The van der Waals surface area contributed by atoms with E-state index in [4.69, 9.17) is 9.47 Å². The summed E-state index contributed by atoms with van der Waals surface area (Å²) in [5, 5.41) is 11.8. The molecule has 134 valence electrons. The van der Waals surface area contributed by atoms with Gasteiger partial charge in [0.05, 0.1) is 23.2 Å². The second-order valence-electron chi connectivity index (χ2n) is 5.26. The van der Waals surface area contributed by atoms with Gasteiger partial charge in [-0.3, -0.25) is 0 Å². The maximum atomic E-state index is 12.3. The number of ether oxygens (including phenoxy) is 2. The highest BCUT2D eigenvalue weighted by molar-refractivity contribution is 7.90. The molecular formula is C18H20NO5S-. The van der Waals surface area contributed by atoms with Crippen molar-refractivity contribution in [2.45, 2.75) is 18.7 Å². The van der Waals surface area contributed by atoms with Gasteiger partial charge >= 0.3 is 0 Å². The van der Waals surface area contributed by atoms with Crippen LogP contribution >= 0.6 is 0 Å². The van der Waals surface area contributed by atoms with Crippen molar-refractivity contribution in [1.82, 2.24) is 0 Å². The highest BCUT2D eigenvalue weighted by atomic mass is 32.2. The summed E-state index contributed by atoms with van der Waals surface area (Å²) in [4.78, 5) is 0.123. The molecule has 0 aromatic heterocycles. The van der Waals surface area contributed by atoms with Crippen LogP contribution in [0.2, 0.25) is 0 Å². The lowest BCUT2D eigenvalue weighted by Gasteiger charge is -2.18. The summed E-state index contributed by atoms with van der Waals surface area (Å²) < 4.78 is 38.4. The van der Waals surface area contributed by atoms with Gasteiger partial charge in [-0.05, 0) is 43.7 Å². The van der Waals surface area contributed by atoms with Crippen molar-refractivity contribution < 1.29 is 23.0 Å². The second kappa shape index (κ2) is 8.64. The molecule has 0 N–H and O–H groups in total. The molecule has 0 atom stereocenters. The maximum Gasteiger partial charge on any atom is 0.282 e. The summed E-state index contributed by atoms with van der Waals surface area (Å²) in [7, 11) is -3.79. The van der Waals surface area contributed by atoms with Crippen LogP contribution in [0.15, 0.2) is 69.4 Å². The van der Waals surface area contributed by atoms with Crippen molar-refractivity contribution >= 4 is 15.7 Å². The molecule has 0 radical (unpaired) electrons. The van der Waals surface area contributed by atoms with Gasteiger partial charge in [-0.25, -0.2) is 0 Å². The molecular weight excluding hydrogens is 342 g/mol. The normalized spacial score (nSPS) is 13.8. The number of hydrogen-bond donors (Lipinski definition) is 0. The van der Waals surface area contributed by atoms with Crippen molar-refractivity contribution in [3.63, 3.8) is 0 Å². The zero-order valence-corrected chi connectivity index (χ0v) is 15.0. The number of nitrogens with zero attached hydrogens (tertiary/aromatic N) is 1. The minimum Gasteiger partial charge on any atom is -0.610 e. The summed E-state index contributed by atoms with van der Waals surface area (Å²) in [6.07, 6.45) is 5.88. The van der Waals surface area contributed by atoms with Gasteiger partial charge < -0.3 is 14.6 Å². The molecule has 0 saturated carbocycles. The smallest absolute Gasteiger partial charge is 0.282 e. The van der Waals surface area contributed by atoms with Gasteiger partial charge in [0, 0.05) is 13.2 Å². The van der Waals surface area contributed by atoms with Crippen LogP contribution in [0.4, 0.5) is 0 Å². The Balaban J connectivity index is 2.08. The molecule has 1 aromatic rings. The van der Waals surface area contributed by atoms with Gasteiger partial charge in [-0.1, -0.05) is 29.8 Å². The quantitative estimate of drug-likeness (QED) is 0.546. The van der Waals surface area contributed by atoms with Gasteiger partial charge in [-0.2, -0.15) is 12.8 Å². The van der Waals surface area contributed by atoms with Crippen LogP contribution in [0.1, 0.15) is 12.5 Å². The third-order valence-electron chi connectivity index (χ3n) is 3.31. The van der Waals surface area contributed by atoms with E-state index < -0.39 is 16.0 Å². The zero-order chi connectivity index (χ0) is 18.3. The summed E-state index contributed by atoms with van der Waals surface area (Å²) in [5.74, 6) is -0.493. The monoisotopic (exact) mass is 362 g/mol. The van der Waals surface area contributed by atoms with E-state index >= 15 is 0 Å². The largest absolute Gasteiger partial charge is 0.610 e. The standard InChI is InChI=1S/C18H21NO5S/c1-3-23-12-13-24-18(20)15-6-8-16(9-7-15)19-25(21,22)17-10-4-14(2)5-11-17/h4-11,20H,3,12-13H2,1-2H3/p-1. The molecule has 1 aliphatic rings. The predicted molar refractivity (Wildman–Crippen MR) is 93.6 cm³/mol. The summed E-state index contributed by atoms with van der Waals surface area (Å²) in [6.45, 7) is 4.79. The first-order valence-electron chi connectivity index (χ1n) is 7.82. The third kappa shape index (κ3) is 5.58. The summed E-state index contributed by atoms with van der Waals surface area (Å²) >= 11 is 0. The van der Waals surface area contributed by atoms with Crippen molar-refractivity contribution in [2.75, 3.05) is 19.8 Å². The van der Waals surface area contributed by atoms with Crippen molar-refractivity contribution in [3.05, 3.63) is 65.7 Å². The third-order valence-corrected chi connectivity index (χ3v) is 4.63. The lowest BCUT2D eigenvalue weighted by atomic mass is 10.1. The molecule has 0 bridgehead atoms. The fourth-order valence-electron chi connectivity index (χ4n) is 1.98. The van der Waals surface area contributed by atoms with Gasteiger partial charge in [-0.15, -0.1) is 0 Å². The van der Waals surface area contributed by atoms with Crippen molar-refractivity contribution in [2.24, 2.45) is 4.40 Å². The van der Waals surface area contributed by atoms with Gasteiger partial charge in [0.15, 0.2) is 0 Å². The fraction of sp³-hybridized carbons (Fsp3) is 0.278. The highest BCUT2D eigenvalue weighted by Gasteiger charge is 2.13. The van der Waals surface area contributed by atoms with E-state index in [1.165, 1.54) is 36.4 Å². The van der Waals surface area contributed by atoms with E-state index in [-0.39, 0.29) is 17.2 Å². The second-order valence-corrected chi connectivity index (χ2v) is 6.86. The van der Waals surface area contributed by atoms with Crippen LogP contribution in [0.5, 0.6) is 0 Å². The molecule has 25 heavy (non-hydrogen) atoms. The first kappa shape index (κ1) is 19.0. The van der Waals surface area contributed by atoms with Gasteiger partial charge in [0.1, 0.15) is 0 Å². The number of allylic oxidation sites excluding steroid dienone is 5. The number of hydrogen-bond acceptors (Lipinski definition) is 5. The highest BCUT2D eigenvalue weighted by Crippen LogP contribution is 2.16. The molecule has 0 fully saturated rings. The van der Waals surface area contributed by atoms with Crippen molar-refractivity contribution in [3.8, 4) is 0 Å². The molecule has 0 spiro atoms. The SMILES string of the molecule is CCOCCOC([O-])=C1C=CC(=NS(=O)(=O)c2ccc(C)cc2)C=C1. The van der Waals surface area contributed by atoms with Crippen LogP contribution in [0.3, 0.4) is 0 Å². The van der Waals surface area contributed by atoms with E-state index in [0.29, 0.717) is 18.8 Å². The van der Waals surface area contributed by atoms with E-state index in [0.717, 1.165) is 5.56 Å². The Labute approximate surface area is 147 Å². The fourth-order valence-corrected chi connectivity index (χ4v) is 2.97. The molecule has 2 rings (SSSR count). The average Bonchev–Trinajstić information content (AvgIpc) is 2.59. The molecule has 0 aliphatic heterocycles. The molecule has 0 saturated heterocycles. The van der Waals surface area contributed by atoms with E-state index in [1.54, 1.807) is 12.1 Å². The van der Waals surface area contributed by atoms with E-state index in [2.05, 4.69) is 4.40 Å². The lowest BCUT2D eigenvalue weighted by Crippen LogP contribution is -2.15. The zero-order valence-electron chi connectivity index (χ0n) is 14.1. The van der Waals surface area contributed by atoms with Crippen LogP contribution in [-0.4, -0.2) is 34.0 Å². The number of sulfonamides is 1. The molecule has 7 heteroatoms. The van der Waals surface area contributed by atoms with Crippen LogP contribution in [-0.2, 0) is 19.5 Å². The van der Waals surface area contributed by atoms with Gasteiger partial charge in [0.25, 0.3) is 10.0 Å². The average molecular weight is 362 g/mol. The van der Waals surface area contributed by atoms with Crippen LogP contribution in [0.25, 0.3) is 0 Å². The summed E-state index contributed by atoms with van der Waals surface area (Å²) in [6, 6.07) is 6.45. The predicted octanol–water partition coefficient (Wildman–Crippen LogP) is 1.88. The number of rotatable bonds is 7.